The van der Waals surface area contributed by atoms with Crippen molar-refractivity contribution < 1.29 is 0 Å². The Morgan fingerprint density at radius 3 is 2.33 bits per heavy atom. The third kappa shape index (κ3) is 4.55. The second kappa shape index (κ2) is 6.93. The van der Waals surface area contributed by atoms with Crippen LogP contribution in [0.2, 0.25) is 0 Å². The highest BCUT2D eigenvalue weighted by Crippen LogP contribution is 2.39. The van der Waals surface area contributed by atoms with Gasteiger partial charge in [0.15, 0.2) is 0 Å². The van der Waals surface area contributed by atoms with E-state index < -0.39 is 0 Å². The molecule has 1 unspecified atom stereocenters. The largest absolute Gasteiger partial charge is 0.315 e. The second-order valence-electron chi connectivity index (χ2n) is 7.35. The van der Waals surface area contributed by atoms with Gasteiger partial charge >= 0.3 is 0 Å². The first-order chi connectivity index (χ1) is 10.2. The van der Waals surface area contributed by atoms with Crippen molar-refractivity contribution in [3.8, 4) is 0 Å². The zero-order valence-electron chi connectivity index (χ0n) is 13.6. The molecule has 2 aliphatic rings. The maximum Gasteiger partial charge on any atom is 0.0475 e. The van der Waals surface area contributed by atoms with Gasteiger partial charge in [-0.2, -0.15) is 0 Å². The predicted molar refractivity (Wildman–Crippen MR) is 89.3 cm³/mol. The summed E-state index contributed by atoms with van der Waals surface area (Å²) in [6.07, 6.45) is 5.70. The van der Waals surface area contributed by atoms with Gasteiger partial charge in [0.1, 0.15) is 0 Å². The lowest BCUT2D eigenvalue weighted by molar-refractivity contribution is 0.173. The van der Waals surface area contributed by atoms with E-state index in [0.717, 1.165) is 31.0 Å². The molecule has 0 amide bonds. The van der Waals surface area contributed by atoms with Crippen LogP contribution in [0.25, 0.3) is 0 Å². The van der Waals surface area contributed by atoms with Gasteiger partial charge in [0.05, 0.1) is 0 Å². The topological polar surface area (TPSA) is 15.3 Å². The molecule has 1 N–H and O–H groups in total. The minimum atomic E-state index is 0.554. The Balaban J connectivity index is 1.69. The van der Waals surface area contributed by atoms with Crippen LogP contribution in [0, 0.1) is 11.8 Å². The molecule has 21 heavy (non-hydrogen) atoms. The molecule has 0 radical (unpaired) electrons. The number of hydrogen-bond acceptors (Lipinski definition) is 2. The zero-order chi connectivity index (χ0) is 14.7. The molecule has 0 aromatic heterocycles. The van der Waals surface area contributed by atoms with E-state index in [9.17, 15) is 0 Å². The Bertz CT molecular complexity index is 420. The van der Waals surface area contributed by atoms with Gasteiger partial charge in [0, 0.05) is 25.2 Å². The van der Waals surface area contributed by atoms with Crippen LogP contribution in [0.15, 0.2) is 30.3 Å². The fourth-order valence-electron chi connectivity index (χ4n) is 3.15. The number of nitrogens with zero attached hydrogens (tertiary/aromatic N) is 1. The van der Waals surface area contributed by atoms with Crippen LogP contribution in [0.5, 0.6) is 0 Å². The number of benzene rings is 1. The summed E-state index contributed by atoms with van der Waals surface area (Å²) in [7, 11) is 0. The minimum absolute atomic E-state index is 0.554. The van der Waals surface area contributed by atoms with E-state index in [2.05, 4.69) is 54.4 Å². The van der Waals surface area contributed by atoms with Crippen molar-refractivity contribution in [2.75, 3.05) is 19.6 Å². The van der Waals surface area contributed by atoms with Gasteiger partial charge in [0.2, 0.25) is 0 Å². The molecular formula is C19H30N2. The van der Waals surface area contributed by atoms with Gasteiger partial charge < -0.3 is 5.32 Å². The smallest absolute Gasteiger partial charge is 0.0475 e. The fraction of sp³-hybridized carbons (Fsp3) is 0.684. The van der Waals surface area contributed by atoms with Gasteiger partial charge in [0.25, 0.3) is 0 Å². The Labute approximate surface area is 129 Å². The highest BCUT2D eigenvalue weighted by atomic mass is 15.2. The third-order valence-corrected chi connectivity index (χ3v) is 4.66. The van der Waals surface area contributed by atoms with Gasteiger partial charge in [-0.1, -0.05) is 44.2 Å². The molecule has 2 saturated carbocycles. The monoisotopic (exact) mass is 286 g/mol. The summed E-state index contributed by atoms with van der Waals surface area (Å²) in [4.78, 5) is 2.81. The van der Waals surface area contributed by atoms with Crippen molar-refractivity contribution in [2.24, 2.45) is 11.8 Å². The van der Waals surface area contributed by atoms with Crippen LogP contribution >= 0.6 is 0 Å². The lowest BCUT2D eigenvalue weighted by Crippen LogP contribution is -2.39. The maximum atomic E-state index is 3.70. The van der Waals surface area contributed by atoms with Gasteiger partial charge in [-0.25, -0.2) is 0 Å². The van der Waals surface area contributed by atoms with Gasteiger partial charge in [-0.3, -0.25) is 4.90 Å². The Kier molecular flexibility index (Phi) is 4.97. The molecule has 0 heterocycles. The summed E-state index contributed by atoms with van der Waals surface area (Å²) in [5.74, 6) is 1.70. The molecule has 0 spiro atoms. The molecular weight excluding hydrogens is 256 g/mol. The average molecular weight is 286 g/mol. The normalized spacial score (nSPS) is 20.2. The molecule has 1 atom stereocenters. The summed E-state index contributed by atoms with van der Waals surface area (Å²) in [5, 5.41) is 3.70. The number of nitrogens with one attached hydrogen (secondary N) is 1. The molecule has 0 bridgehead atoms. The lowest BCUT2D eigenvalue weighted by atomic mass is 10.0. The van der Waals surface area contributed by atoms with Gasteiger partial charge in [-0.05, 0) is 49.6 Å². The lowest BCUT2D eigenvalue weighted by Gasteiger charge is -2.33. The Morgan fingerprint density at radius 2 is 1.76 bits per heavy atom. The summed E-state index contributed by atoms with van der Waals surface area (Å²) in [5.41, 5.74) is 1.49. The summed E-state index contributed by atoms with van der Waals surface area (Å²) < 4.78 is 0. The molecule has 0 saturated heterocycles. The maximum absolute atomic E-state index is 3.70. The predicted octanol–water partition coefficient (Wildman–Crippen LogP) is 3.85. The van der Waals surface area contributed by atoms with E-state index in [0.29, 0.717) is 6.04 Å². The molecule has 2 nitrogen and oxygen atoms in total. The van der Waals surface area contributed by atoms with Crippen LogP contribution in [0.1, 0.15) is 51.1 Å². The van der Waals surface area contributed by atoms with Crippen LogP contribution in [0.4, 0.5) is 0 Å². The van der Waals surface area contributed by atoms with Crippen molar-refractivity contribution in [3.05, 3.63) is 35.9 Å². The Hall–Kier alpha value is -0.860. The first-order valence-corrected chi connectivity index (χ1v) is 8.75. The molecule has 3 rings (SSSR count). The van der Waals surface area contributed by atoms with Crippen molar-refractivity contribution in [2.45, 2.75) is 51.6 Å². The molecule has 2 heteroatoms. The number of rotatable bonds is 9. The van der Waals surface area contributed by atoms with Gasteiger partial charge in [-0.15, -0.1) is 0 Å². The standard InChI is InChI=1S/C19H30N2/c1-15(2)12-20-13-19(17-6-4-3-5-7-17)21(18-10-11-18)14-16-8-9-16/h3-7,15-16,18-20H,8-14H2,1-2H3. The van der Waals surface area contributed by atoms with Crippen molar-refractivity contribution >= 4 is 0 Å². The highest BCUT2D eigenvalue weighted by molar-refractivity contribution is 5.20. The zero-order valence-corrected chi connectivity index (χ0v) is 13.6. The van der Waals surface area contributed by atoms with E-state index in [1.54, 1.807) is 0 Å². The van der Waals surface area contributed by atoms with Crippen LogP contribution in [-0.4, -0.2) is 30.6 Å². The van der Waals surface area contributed by atoms with Crippen LogP contribution < -0.4 is 5.32 Å². The molecule has 1 aromatic rings. The number of hydrogen-bond donors (Lipinski definition) is 1. The first-order valence-electron chi connectivity index (χ1n) is 8.75. The van der Waals surface area contributed by atoms with E-state index in [-0.39, 0.29) is 0 Å². The molecule has 0 aliphatic heterocycles. The van der Waals surface area contributed by atoms with E-state index in [1.807, 2.05) is 0 Å². The van der Waals surface area contributed by atoms with Crippen LogP contribution in [0.3, 0.4) is 0 Å². The van der Waals surface area contributed by atoms with Crippen molar-refractivity contribution in [1.82, 2.24) is 10.2 Å². The van der Waals surface area contributed by atoms with E-state index in [1.165, 1.54) is 37.8 Å². The molecule has 2 fully saturated rings. The minimum Gasteiger partial charge on any atom is -0.315 e. The van der Waals surface area contributed by atoms with Crippen LogP contribution in [-0.2, 0) is 0 Å². The highest BCUT2D eigenvalue weighted by Gasteiger charge is 2.37. The first kappa shape index (κ1) is 15.1. The van der Waals surface area contributed by atoms with E-state index >= 15 is 0 Å². The summed E-state index contributed by atoms with van der Waals surface area (Å²) in [6, 6.07) is 12.5. The van der Waals surface area contributed by atoms with Crippen molar-refractivity contribution in [1.29, 1.82) is 0 Å². The third-order valence-electron chi connectivity index (χ3n) is 4.66. The van der Waals surface area contributed by atoms with Crippen molar-refractivity contribution in [3.63, 3.8) is 0 Å². The molecule has 1 aromatic carbocycles. The summed E-state index contributed by atoms with van der Waals surface area (Å²) in [6.45, 7) is 8.09. The average Bonchev–Trinajstić information content (AvgIpc) is 3.36. The summed E-state index contributed by atoms with van der Waals surface area (Å²) >= 11 is 0. The Morgan fingerprint density at radius 1 is 1.05 bits per heavy atom. The SMILES string of the molecule is CC(C)CNCC(c1ccccc1)N(CC1CC1)C1CC1. The molecule has 116 valence electrons. The second-order valence-corrected chi connectivity index (χ2v) is 7.35. The fourth-order valence-corrected chi connectivity index (χ4v) is 3.15. The van der Waals surface area contributed by atoms with E-state index in [4.69, 9.17) is 0 Å². The molecule has 2 aliphatic carbocycles. The quantitative estimate of drug-likeness (QED) is 0.742.